The van der Waals surface area contributed by atoms with Gasteiger partial charge in [-0.15, -0.1) is 0 Å². The fourth-order valence-corrected chi connectivity index (χ4v) is 1.41. The molecule has 0 saturated carbocycles. The Kier molecular flexibility index (Phi) is 6.33. The van der Waals surface area contributed by atoms with Crippen LogP contribution in [0.4, 0.5) is 0 Å². The van der Waals surface area contributed by atoms with Crippen molar-refractivity contribution in [3.05, 3.63) is 24.7 Å². The quantitative estimate of drug-likeness (QED) is 0.724. The van der Waals surface area contributed by atoms with Gasteiger partial charge in [0.15, 0.2) is 12.4 Å². The molecule has 0 amide bonds. The zero-order valence-corrected chi connectivity index (χ0v) is 9.38. The van der Waals surface area contributed by atoms with Gasteiger partial charge in [0.2, 0.25) is 0 Å². The van der Waals surface area contributed by atoms with Crippen LogP contribution in [0.25, 0.3) is 0 Å². The van der Waals surface area contributed by atoms with Crippen molar-refractivity contribution in [2.45, 2.75) is 37.9 Å². The second kappa shape index (κ2) is 7.93. The standard InChI is InChI=1S/C6H11NO.C6H8O2/c2*7-5-6-3-1-2-4-8-6/h2,4,6H,1,3,5,7H2;2,4-6H,1,3H2. The monoisotopic (exact) mass is 225 g/mol. The van der Waals surface area contributed by atoms with Gasteiger partial charge >= 0.3 is 0 Å². The largest absolute Gasteiger partial charge is 0.497 e. The first kappa shape index (κ1) is 12.8. The van der Waals surface area contributed by atoms with Crippen molar-refractivity contribution < 1.29 is 14.3 Å². The molecule has 0 aromatic carbocycles. The third kappa shape index (κ3) is 4.98. The second-order valence-electron chi connectivity index (χ2n) is 3.70. The number of hydrogen-bond donors (Lipinski definition) is 1. The highest BCUT2D eigenvalue weighted by molar-refractivity contribution is 5.56. The lowest BCUT2D eigenvalue weighted by atomic mass is 10.2. The average molecular weight is 225 g/mol. The van der Waals surface area contributed by atoms with Crippen LogP contribution >= 0.6 is 0 Å². The summed E-state index contributed by atoms with van der Waals surface area (Å²) >= 11 is 0. The van der Waals surface area contributed by atoms with Gasteiger partial charge in [-0.25, -0.2) is 0 Å². The summed E-state index contributed by atoms with van der Waals surface area (Å²) in [6.07, 6.45) is 12.2. The highest BCUT2D eigenvalue weighted by Gasteiger charge is 2.07. The van der Waals surface area contributed by atoms with E-state index in [1.165, 1.54) is 0 Å². The van der Waals surface area contributed by atoms with E-state index in [0.29, 0.717) is 6.54 Å². The number of rotatable bonds is 2. The molecule has 0 aliphatic carbocycles. The molecule has 0 radical (unpaired) electrons. The molecule has 0 spiro atoms. The van der Waals surface area contributed by atoms with Crippen molar-refractivity contribution in [1.29, 1.82) is 0 Å². The topological polar surface area (TPSA) is 61.5 Å². The molecule has 2 atom stereocenters. The summed E-state index contributed by atoms with van der Waals surface area (Å²) in [5.74, 6) is 0. The summed E-state index contributed by atoms with van der Waals surface area (Å²) in [5, 5.41) is 0. The smallest absolute Gasteiger partial charge is 0.160 e. The lowest BCUT2D eigenvalue weighted by Crippen LogP contribution is -2.22. The predicted molar refractivity (Wildman–Crippen MR) is 61.6 cm³/mol. The molecule has 2 unspecified atom stereocenters. The molecular weight excluding hydrogens is 206 g/mol. The summed E-state index contributed by atoms with van der Waals surface area (Å²) in [6.45, 7) is 0.643. The van der Waals surface area contributed by atoms with E-state index in [2.05, 4.69) is 0 Å². The molecule has 4 heteroatoms. The summed E-state index contributed by atoms with van der Waals surface area (Å²) < 4.78 is 10.0. The van der Waals surface area contributed by atoms with Crippen LogP contribution in [0.5, 0.6) is 0 Å². The van der Waals surface area contributed by atoms with Crippen molar-refractivity contribution >= 4 is 6.29 Å². The molecule has 2 aliphatic heterocycles. The number of ether oxygens (including phenoxy) is 2. The molecule has 4 nitrogen and oxygen atoms in total. The lowest BCUT2D eigenvalue weighted by Gasteiger charge is -2.16. The fourth-order valence-electron chi connectivity index (χ4n) is 1.41. The maximum absolute atomic E-state index is 10.0. The van der Waals surface area contributed by atoms with E-state index >= 15 is 0 Å². The van der Waals surface area contributed by atoms with Crippen molar-refractivity contribution in [2.24, 2.45) is 5.73 Å². The van der Waals surface area contributed by atoms with Crippen LogP contribution in [-0.2, 0) is 14.3 Å². The highest BCUT2D eigenvalue weighted by atomic mass is 16.5. The molecule has 2 rings (SSSR count). The number of allylic oxidation sites excluding steroid dienone is 2. The Balaban J connectivity index is 0.000000160. The van der Waals surface area contributed by atoms with Crippen molar-refractivity contribution in [3.8, 4) is 0 Å². The van der Waals surface area contributed by atoms with Gasteiger partial charge in [-0.3, -0.25) is 4.79 Å². The molecule has 2 aliphatic rings. The molecule has 0 saturated heterocycles. The van der Waals surface area contributed by atoms with Crippen LogP contribution in [-0.4, -0.2) is 25.0 Å². The molecule has 0 bridgehead atoms. The number of carbonyl (C=O) groups excluding carboxylic acids is 1. The van der Waals surface area contributed by atoms with E-state index in [9.17, 15) is 4.79 Å². The van der Waals surface area contributed by atoms with Gasteiger partial charge in [0.05, 0.1) is 12.5 Å². The SMILES string of the molecule is NCC1CCC=CO1.O=CC1CCC=CO1. The maximum Gasteiger partial charge on any atom is 0.160 e. The van der Waals surface area contributed by atoms with Gasteiger partial charge in [-0.1, -0.05) is 0 Å². The first-order valence-electron chi connectivity index (χ1n) is 5.63. The van der Waals surface area contributed by atoms with Crippen LogP contribution in [0.2, 0.25) is 0 Å². The minimum atomic E-state index is -0.181. The Labute approximate surface area is 96.1 Å². The molecule has 90 valence electrons. The fraction of sp³-hybridized carbons (Fsp3) is 0.583. The normalized spacial score (nSPS) is 27.1. The Hall–Kier alpha value is -1.29. The molecule has 0 fully saturated rings. The third-order valence-electron chi connectivity index (χ3n) is 2.40. The summed E-state index contributed by atoms with van der Waals surface area (Å²) in [4.78, 5) is 10.0. The van der Waals surface area contributed by atoms with Gasteiger partial charge in [0.1, 0.15) is 6.10 Å². The zero-order valence-electron chi connectivity index (χ0n) is 9.38. The van der Waals surface area contributed by atoms with Crippen LogP contribution in [0.3, 0.4) is 0 Å². The van der Waals surface area contributed by atoms with Crippen molar-refractivity contribution in [1.82, 2.24) is 0 Å². The van der Waals surface area contributed by atoms with Crippen molar-refractivity contribution in [2.75, 3.05) is 6.54 Å². The molecule has 16 heavy (non-hydrogen) atoms. The van der Waals surface area contributed by atoms with Gasteiger partial charge in [-0.05, 0) is 37.8 Å². The molecular formula is C12H19NO3. The summed E-state index contributed by atoms with van der Waals surface area (Å²) in [6, 6.07) is 0. The maximum atomic E-state index is 10.0. The van der Waals surface area contributed by atoms with E-state index in [-0.39, 0.29) is 12.2 Å². The first-order valence-corrected chi connectivity index (χ1v) is 5.63. The van der Waals surface area contributed by atoms with Crippen LogP contribution < -0.4 is 5.73 Å². The third-order valence-corrected chi connectivity index (χ3v) is 2.40. The van der Waals surface area contributed by atoms with Crippen LogP contribution in [0.15, 0.2) is 24.7 Å². The van der Waals surface area contributed by atoms with E-state index in [4.69, 9.17) is 15.2 Å². The van der Waals surface area contributed by atoms with Gasteiger partial charge in [0, 0.05) is 6.54 Å². The number of hydrogen-bond acceptors (Lipinski definition) is 4. The molecule has 2 N–H and O–H groups in total. The summed E-state index contributed by atoms with van der Waals surface area (Å²) in [5.41, 5.74) is 5.34. The van der Waals surface area contributed by atoms with E-state index in [1.807, 2.05) is 12.2 Å². The summed E-state index contributed by atoms with van der Waals surface area (Å²) in [7, 11) is 0. The minimum absolute atomic E-state index is 0.181. The Morgan fingerprint density at radius 1 is 1.19 bits per heavy atom. The molecule has 0 aromatic rings. The van der Waals surface area contributed by atoms with Crippen molar-refractivity contribution in [3.63, 3.8) is 0 Å². The highest BCUT2D eigenvalue weighted by Crippen LogP contribution is 2.07. The lowest BCUT2D eigenvalue weighted by molar-refractivity contribution is -0.115. The zero-order chi connectivity index (χ0) is 11.6. The van der Waals surface area contributed by atoms with E-state index in [0.717, 1.165) is 32.0 Å². The van der Waals surface area contributed by atoms with Gasteiger partial charge in [0.25, 0.3) is 0 Å². The van der Waals surface area contributed by atoms with Crippen LogP contribution in [0, 0.1) is 0 Å². The molecule has 0 aromatic heterocycles. The van der Waals surface area contributed by atoms with Gasteiger partial charge < -0.3 is 15.2 Å². The molecule has 2 heterocycles. The number of nitrogens with two attached hydrogens (primary N) is 1. The Morgan fingerprint density at radius 3 is 2.19 bits per heavy atom. The predicted octanol–water partition coefficient (Wildman–Crippen LogP) is 1.52. The Bertz CT molecular complexity index is 251. The van der Waals surface area contributed by atoms with Crippen LogP contribution in [0.1, 0.15) is 25.7 Å². The number of aldehydes is 1. The Morgan fingerprint density at radius 2 is 1.88 bits per heavy atom. The van der Waals surface area contributed by atoms with E-state index < -0.39 is 0 Å². The first-order chi connectivity index (χ1) is 7.86. The average Bonchev–Trinajstić information content (AvgIpc) is 2.41. The number of carbonyl (C=O) groups is 1. The minimum Gasteiger partial charge on any atom is -0.497 e. The second-order valence-corrected chi connectivity index (χ2v) is 3.70. The van der Waals surface area contributed by atoms with Gasteiger partial charge in [-0.2, -0.15) is 0 Å². The van der Waals surface area contributed by atoms with E-state index in [1.54, 1.807) is 12.5 Å².